The van der Waals surface area contributed by atoms with Crippen molar-refractivity contribution in [3.63, 3.8) is 0 Å². The van der Waals surface area contributed by atoms with Crippen molar-refractivity contribution in [2.75, 3.05) is 5.32 Å². The van der Waals surface area contributed by atoms with Gasteiger partial charge in [0.05, 0.1) is 11.7 Å². The molecule has 5 nitrogen and oxygen atoms in total. The van der Waals surface area contributed by atoms with Gasteiger partial charge in [-0.3, -0.25) is 14.2 Å². The summed E-state index contributed by atoms with van der Waals surface area (Å²) < 4.78 is 1.41. The van der Waals surface area contributed by atoms with Crippen LogP contribution in [0.2, 0.25) is 0 Å². The minimum absolute atomic E-state index is 0.208. The predicted molar refractivity (Wildman–Crippen MR) is 123 cm³/mol. The highest BCUT2D eigenvalue weighted by Crippen LogP contribution is 2.31. The minimum Gasteiger partial charge on any atom is -0.324 e. The zero-order chi connectivity index (χ0) is 21.4. The molecule has 2 aromatic heterocycles. The van der Waals surface area contributed by atoms with Gasteiger partial charge in [0.15, 0.2) is 0 Å². The quantitative estimate of drug-likeness (QED) is 0.493. The highest BCUT2D eigenvalue weighted by Gasteiger charge is 2.21. The van der Waals surface area contributed by atoms with Crippen LogP contribution in [0.1, 0.15) is 29.7 Å². The molecule has 0 saturated heterocycles. The van der Waals surface area contributed by atoms with Gasteiger partial charge in [0, 0.05) is 16.6 Å². The zero-order valence-corrected chi connectivity index (χ0v) is 18.2. The Kier molecular flexibility index (Phi) is 5.26. The number of carbonyl (C=O) groups excluding carboxylic acids is 1. The van der Waals surface area contributed by atoms with Crippen LogP contribution >= 0.6 is 11.3 Å². The maximum atomic E-state index is 13.3. The lowest BCUT2D eigenvalue weighted by Crippen LogP contribution is -2.32. The Bertz CT molecular complexity index is 1300. The SMILES string of the molecule is Cc1ccc(-c2csc3ncn([C@@H](C)C(=O)Nc4cccc(C)c4C)c(=O)c23)cc1. The Balaban J connectivity index is 1.72. The number of aromatic nitrogens is 2. The van der Waals surface area contributed by atoms with Gasteiger partial charge >= 0.3 is 0 Å². The molecule has 2 heterocycles. The summed E-state index contributed by atoms with van der Waals surface area (Å²) in [5.74, 6) is -0.251. The van der Waals surface area contributed by atoms with E-state index in [1.165, 1.54) is 22.2 Å². The number of amides is 1. The molecule has 0 radical (unpaired) electrons. The fraction of sp³-hybridized carbons (Fsp3) is 0.208. The van der Waals surface area contributed by atoms with Crippen molar-refractivity contribution in [3.05, 3.63) is 81.2 Å². The molecule has 0 spiro atoms. The van der Waals surface area contributed by atoms with Crippen molar-refractivity contribution in [1.82, 2.24) is 9.55 Å². The number of hydrogen-bond acceptors (Lipinski definition) is 4. The number of thiophene rings is 1. The second-order valence-corrected chi connectivity index (χ2v) is 8.42. The van der Waals surface area contributed by atoms with Gasteiger partial charge in [-0.25, -0.2) is 4.98 Å². The fourth-order valence-corrected chi connectivity index (χ4v) is 4.32. The van der Waals surface area contributed by atoms with Crippen molar-refractivity contribution in [2.45, 2.75) is 33.7 Å². The third-order valence-electron chi connectivity index (χ3n) is 5.54. The van der Waals surface area contributed by atoms with Crippen LogP contribution in [0.25, 0.3) is 21.3 Å². The first-order valence-electron chi connectivity index (χ1n) is 9.79. The van der Waals surface area contributed by atoms with E-state index in [9.17, 15) is 9.59 Å². The molecule has 0 fully saturated rings. The summed E-state index contributed by atoms with van der Waals surface area (Å²) >= 11 is 1.44. The molecule has 0 saturated carbocycles. The second kappa shape index (κ2) is 7.88. The molecule has 0 bridgehead atoms. The van der Waals surface area contributed by atoms with Crippen LogP contribution in [-0.2, 0) is 4.79 Å². The summed E-state index contributed by atoms with van der Waals surface area (Å²) in [6.45, 7) is 7.71. The third kappa shape index (κ3) is 3.55. The molecule has 4 aromatic rings. The number of hydrogen-bond donors (Lipinski definition) is 1. The Morgan fingerprint density at radius 1 is 1.10 bits per heavy atom. The third-order valence-corrected chi connectivity index (χ3v) is 6.43. The second-order valence-electron chi connectivity index (χ2n) is 7.57. The molecule has 0 aliphatic rings. The highest BCUT2D eigenvalue weighted by molar-refractivity contribution is 7.17. The lowest BCUT2D eigenvalue weighted by molar-refractivity contribution is -0.118. The molecule has 0 aliphatic carbocycles. The molecule has 152 valence electrons. The standard InChI is InChI=1S/C24H23N3O2S/c1-14-8-10-18(11-9-14)19-12-30-23-21(19)24(29)27(13-25-23)17(4)22(28)26-20-7-5-6-15(2)16(20)3/h5-13,17H,1-4H3,(H,26,28)/t17-/m0/s1. The molecular weight excluding hydrogens is 394 g/mol. The van der Waals surface area contributed by atoms with Crippen molar-refractivity contribution in [2.24, 2.45) is 0 Å². The van der Waals surface area contributed by atoms with Gasteiger partial charge in [-0.2, -0.15) is 0 Å². The first-order chi connectivity index (χ1) is 14.4. The number of anilines is 1. The number of carbonyl (C=O) groups is 1. The van der Waals surface area contributed by atoms with Crippen LogP contribution in [0.5, 0.6) is 0 Å². The number of nitrogens with zero attached hydrogens (tertiary/aromatic N) is 2. The Morgan fingerprint density at radius 3 is 2.57 bits per heavy atom. The number of nitrogens with one attached hydrogen (secondary N) is 1. The van der Waals surface area contributed by atoms with Crippen molar-refractivity contribution in [1.29, 1.82) is 0 Å². The summed E-state index contributed by atoms with van der Waals surface area (Å²) in [4.78, 5) is 31.3. The first-order valence-corrected chi connectivity index (χ1v) is 10.7. The fourth-order valence-electron chi connectivity index (χ4n) is 3.42. The predicted octanol–water partition coefficient (Wildman–Crippen LogP) is 5.25. The molecule has 2 aromatic carbocycles. The van der Waals surface area contributed by atoms with Gasteiger partial charge in [0.2, 0.25) is 5.91 Å². The molecule has 4 rings (SSSR count). The molecule has 0 aliphatic heterocycles. The summed E-state index contributed by atoms with van der Waals surface area (Å²) in [5, 5.41) is 5.45. The molecule has 1 amide bonds. The number of rotatable bonds is 4. The smallest absolute Gasteiger partial charge is 0.263 e. The van der Waals surface area contributed by atoms with Gasteiger partial charge in [0.25, 0.3) is 5.56 Å². The van der Waals surface area contributed by atoms with Crippen LogP contribution in [0.15, 0.2) is 59.0 Å². The van der Waals surface area contributed by atoms with Crippen molar-refractivity contribution < 1.29 is 4.79 Å². The molecule has 0 unspecified atom stereocenters. The summed E-state index contributed by atoms with van der Waals surface area (Å²) in [7, 11) is 0. The van der Waals surface area contributed by atoms with E-state index in [2.05, 4.69) is 10.3 Å². The first kappa shape index (κ1) is 20.0. The highest BCUT2D eigenvalue weighted by atomic mass is 32.1. The van der Waals surface area contributed by atoms with Crippen LogP contribution in [0, 0.1) is 20.8 Å². The van der Waals surface area contributed by atoms with Crippen LogP contribution in [-0.4, -0.2) is 15.5 Å². The van der Waals surface area contributed by atoms with Crippen LogP contribution in [0.4, 0.5) is 5.69 Å². The monoisotopic (exact) mass is 417 g/mol. The maximum Gasteiger partial charge on any atom is 0.263 e. The largest absolute Gasteiger partial charge is 0.324 e. The van der Waals surface area contributed by atoms with E-state index in [0.29, 0.717) is 10.2 Å². The summed E-state index contributed by atoms with van der Waals surface area (Å²) in [6, 6.07) is 13.1. The number of benzene rings is 2. The Labute approximate surface area is 179 Å². The molecule has 6 heteroatoms. The van der Waals surface area contributed by atoms with Crippen LogP contribution in [0.3, 0.4) is 0 Å². The molecular formula is C24H23N3O2S. The van der Waals surface area contributed by atoms with E-state index in [-0.39, 0.29) is 11.5 Å². The van der Waals surface area contributed by atoms with E-state index >= 15 is 0 Å². The van der Waals surface area contributed by atoms with E-state index in [0.717, 1.165) is 33.5 Å². The lowest BCUT2D eigenvalue weighted by atomic mass is 10.0. The Morgan fingerprint density at radius 2 is 1.83 bits per heavy atom. The molecule has 1 N–H and O–H groups in total. The summed E-state index contributed by atoms with van der Waals surface area (Å²) in [5.41, 5.74) is 5.64. The van der Waals surface area contributed by atoms with Gasteiger partial charge in [-0.05, 0) is 50.5 Å². The van der Waals surface area contributed by atoms with Crippen LogP contribution < -0.4 is 10.9 Å². The van der Waals surface area contributed by atoms with Gasteiger partial charge < -0.3 is 5.32 Å². The topological polar surface area (TPSA) is 64.0 Å². The van der Waals surface area contributed by atoms with Gasteiger partial charge in [0.1, 0.15) is 10.9 Å². The van der Waals surface area contributed by atoms with E-state index in [1.54, 1.807) is 6.92 Å². The minimum atomic E-state index is -0.694. The zero-order valence-electron chi connectivity index (χ0n) is 17.4. The number of aryl methyl sites for hydroxylation is 2. The molecule has 1 atom stereocenters. The number of fused-ring (bicyclic) bond motifs is 1. The lowest BCUT2D eigenvalue weighted by Gasteiger charge is -2.17. The normalized spacial score (nSPS) is 12.1. The summed E-state index contributed by atoms with van der Waals surface area (Å²) in [6.07, 6.45) is 1.47. The molecule has 30 heavy (non-hydrogen) atoms. The average molecular weight is 418 g/mol. The van der Waals surface area contributed by atoms with E-state index < -0.39 is 6.04 Å². The van der Waals surface area contributed by atoms with Crippen molar-refractivity contribution >= 4 is 33.1 Å². The Hall–Kier alpha value is -3.25. The maximum absolute atomic E-state index is 13.3. The van der Waals surface area contributed by atoms with E-state index in [4.69, 9.17) is 0 Å². The van der Waals surface area contributed by atoms with E-state index in [1.807, 2.05) is 68.6 Å². The average Bonchev–Trinajstić information content (AvgIpc) is 3.17. The van der Waals surface area contributed by atoms with Gasteiger partial charge in [-0.1, -0.05) is 42.0 Å². The van der Waals surface area contributed by atoms with Gasteiger partial charge in [-0.15, -0.1) is 11.3 Å². The van der Waals surface area contributed by atoms with Crippen molar-refractivity contribution in [3.8, 4) is 11.1 Å².